The molecule has 9 aromatic rings. The molecule has 0 saturated heterocycles. The zero-order valence-corrected chi connectivity index (χ0v) is 29.4. The zero-order valence-electron chi connectivity index (χ0n) is 27.2. The van der Waals surface area contributed by atoms with E-state index in [1.807, 2.05) is 60.9 Å². The molecular formula is C46H27N3OPt. The van der Waals surface area contributed by atoms with Gasteiger partial charge in [0.05, 0.1) is 0 Å². The van der Waals surface area contributed by atoms with Gasteiger partial charge in [0.2, 0.25) is 0 Å². The second-order valence-electron chi connectivity index (χ2n) is 12.4. The van der Waals surface area contributed by atoms with E-state index in [9.17, 15) is 0 Å². The van der Waals surface area contributed by atoms with E-state index in [1.165, 1.54) is 33.4 Å². The van der Waals surface area contributed by atoms with Crippen LogP contribution in [0.25, 0.3) is 83.4 Å². The Morgan fingerprint density at radius 3 is 1.76 bits per heavy atom. The van der Waals surface area contributed by atoms with Gasteiger partial charge in [-0.05, 0) is 68.2 Å². The van der Waals surface area contributed by atoms with Crippen LogP contribution >= 0.6 is 0 Å². The number of para-hydroxylation sites is 1. The first-order valence-electron chi connectivity index (χ1n) is 16.7. The van der Waals surface area contributed by atoms with Crippen molar-refractivity contribution in [1.29, 1.82) is 0 Å². The van der Waals surface area contributed by atoms with Gasteiger partial charge in [0, 0.05) is 35.0 Å². The molecule has 1 aliphatic carbocycles. The first-order valence-corrected chi connectivity index (χ1v) is 16.7. The Morgan fingerprint density at radius 2 is 1.08 bits per heavy atom. The van der Waals surface area contributed by atoms with E-state index >= 15 is 0 Å². The number of aromatic nitrogens is 3. The number of nitrogens with zero attached hydrogens (tertiary/aromatic N) is 3. The van der Waals surface area contributed by atoms with Crippen molar-refractivity contribution in [3.8, 4) is 73.1 Å². The summed E-state index contributed by atoms with van der Waals surface area (Å²) in [4.78, 5) is 9.66. The number of fused-ring (bicyclic) bond motifs is 11. The molecule has 242 valence electrons. The fourth-order valence-corrected chi connectivity index (χ4v) is 7.33. The van der Waals surface area contributed by atoms with Crippen molar-refractivity contribution in [1.82, 2.24) is 14.5 Å². The molecule has 6 aromatic carbocycles. The van der Waals surface area contributed by atoms with E-state index in [1.54, 1.807) is 0 Å². The maximum atomic E-state index is 6.45. The number of pyridine rings is 2. The topological polar surface area (TPSA) is 39.9 Å². The van der Waals surface area contributed by atoms with E-state index in [2.05, 4.69) is 125 Å². The predicted molar refractivity (Wildman–Crippen MR) is 201 cm³/mol. The summed E-state index contributed by atoms with van der Waals surface area (Å²) in [5, 5.41) is 2.23. The van der Waals surface area contributed by atoms with Gasteiger partial charge in [0.15, 0.2) is 0 Å². The van der Waals surface area contributed by atoms with Gasteiger partial charge in [0.25, 0.3) is 0 Å². The van der Waals surface area contributed by atoms with Gasteiger partial charge in [-0.2, -0.15) is 6.07 Å². The number of rotatable bonds is 4. The van der Waals surface area contributed by atoms with Crippen LogP contribution in [0.2, 0.25) is 0 Å². The van der Waals surface area contributed by atoms with Crippen molar-refractivity contribution < 1.29 is 25.8 Å². The van der Waals surface area contributed by atoms with Gasteiger partial charge in [-0.3, -0.25) is 0 Å². The Labute approximate surface area is 309 Å². The largest absolute Gasteiger partial charge is 2.00 e. The molecule has 3 aromatic heterocycles. The van der Waals surface area contributed by atoms with E-state index in [4.69, 9.17) is 9.72 Å². The summed E-state index contributed by atoms with van der Waals surface area (Å²) in [5.41, 5.74) is 13.1. The van der Waals surface area contributed by atoms with Crippen LogP contribution in [0.4, 0.5) is 0 Å². The second-order valence-corrected chi connectivity index (χ2v) is 12.4. The van der Waals surface area contributed by atoms with Crippen molar-refractivity contribution in [3.05, 3.63) is 176 Å². The zero-order chi connectivity index (χ0) is 33.0. The Bertz CT molecular complexity index is 2750. The summed E-state index contributed by atoms with van der Waals surface area (Å²) in [7, 11) is 0. The monoisotopic (exact) mass is 832 g/mol. The van der Waals surface area contributed by atoms with Gasteiger partial charge in [-0.1, -0.05) is 115 Å². The van der Waals surface area contributed by atoms with E-state index in [-0.39, 0.29) is 21.1 Å². The molecule has 0 bridgehead atoms. The molecule has 0 fully saturated rings. The molecule has 0 amide bonds. The molecule has 0 atom stereocenters. The number of hydrogen-bond donors (Lipinski definition) is 0. The quantitative estimate of drug-likeness (QED) is 0.166. The van der Waals surface area contributed by atoms with Gasteiger partial charge < -0.3 is 14.3 Å². The molecule has 0 N–H and O–H groups in total. The van der Waals surface area contributed by atoms with Crippen LogP contribution in [0.1, 0.15) is 0 Å². The minimum atomic E-state index is 0. The third kappa shape index (κ3) is 5.19. The van der Waals surface area contributed by atoms with Crippen LogP contribution in [-0.2, 0) is 21.1 Å². The standard InChI is InChI=1S/C46H27N3O.Pt/c1-2-15-34-33(14-1)35-16-3-5-18-37(35)41-28-43(48-29-42(41)38-19-6-4-17-36(34)38)30-12-11-13-31(26-30)50-32-23-24-40-39-20-7-8-21-44(39)49(45(40)27-32)46-22-9-10-25-47-46;/h1-25,28-29H;/q-2;+2. The molecule has 0 spiro atoms. The van der Waals surface area contributed by atoms with Crippen LogP contribution in [-0.4, -0.2) is 14.5 Å². The summed E-state index contributed by atoms with van der Waals surface area (Å²) >= 11 is 0. The maximum Gasteiger partial charge on any atom is 2.00 e. The van der Waals surface area contributed by atoms with Crippen LogP contribution in [0.15, 0.2) is 164 Å². The predicted octanol–water partition coefficient (Wildman–Crippen LogP) is 11.6. The summed E-state index contributed by atoms with van der Waals surface area (Å²) < 4.78 is 8.59. The fraction of sp³-hybridized carbons (Fsp3) is 0. The number of hydrogen-bond acceptors (Lipinski definition) is 3. The number of ether oxygens (including phenoxy) is 1. The molecule has 4 nitrogen and oxygen atoms in total. The van der Waals surface area contributed by atoms with Crippen molar-refractivity contribution in [2.24, 2.45) is 0 Å². The molecule has 1 aliphatic rings. The maximum absolute atomic E-state index is 6.45. The summed E-state index contributed by atoms with van der Waals surface area (Å²) in [6.07, 6.45) is 3.82. The normalized spacial score (nSPS) is 11.4. The second kappa shape index (κ2) is 12.7. The Balaban J connectivity index is 0.00000348. The minimum absolute atomic E-state index is 0. The van der Waals surface area contributed by atoms with Gasteiger partial charge in [-0.25, -0.2) is 4.98 Å². The molecule has 5 heteroatoms. The van der Waals surface area contributed by atoms with Crippen molar-refractivity contribution in [3.63, 3.8) is 0 Å². The number of benzene rings is 6. The summed E-state index contributed by atoms with van der Waals surface area (Å²) in [6.45, 7) is 0. The van der Waals surface area contributed by atoms with E-state index < -0.39 is 0 Å². The molecule has 0 aliphatic heterocycles. The third-order valence-corrected chi connectivity index (χ3v) is 9.55. The average molecular weight is 833 g/mol. The molecule has 0 unspecified atom stereocenters. The minimum Gasteiger partial charge on any atom is -0.503 e. The van der Waals surface area contributed by atoms with Crippen LogP contribution in [0.5, 0.6) is 11.5 Å². The SMILES string of the molecule is [Pt+2].[c-]1c(Oc2[c-]c3c(cc2)c2ccccc2n3-c2ccccn2)cccc1-c1cc2c(cn1)-c1ccccc1-c1ccccc1-c1ccccc1-2. The molecule has 0 radical (unpaired) electrons. The fourth-order valence-electron chi connectivity index (χ4n) is 7.33. The Hall–Kier alpha value is -6.09. The van der Waals surface area contributed by atoms with Crippen LogP contribution < -0.4 is 4.74 Å². The summed E-state index contributed by atoms with van der Waals surface area (Å²) in [6, 6.07) is 59.5. The van der Waals surface area contributed by atoms with Crippen LogP contribution in [0, 0.1) is 12.1 Å². The molecule has 3 heterocycles. The van der Waals surface area contributed by atoms with E-state index in [0.717, 1.165) is 50.0 Å². The smallest absolute Gasteiger partial charge is 0.503 e. The van der Waals surface area contributed by atoms with Gasteiger partial charge >= 0.3 is 21.1 Å². The van der Waals surface area contributed by atoms with Gasteiger partial charge in [0.1, 0.15) is 5.82 Å². The third-order valence-electron chi connectivity index (χ3n) is 9.55. The first-order chi connectivity index (χ1) is 24.8. The summed E-state index contributed by atoms with van der Waals surface area (Å²) in [5.74, 6) is 2.02. The van der Waals surface area contributed by atoms with Crippen LogP contribution in [0.3, 0.4) is 0 Å². The Kier molecular flexibility index (Phi) is 7.68. The van der Waals surface area contributed by atoms with Gasteiger partial charge in [-0.15, -0.1) is 41.3 Å². The molecule has 0 saturated carbocycles. The van der Waals surface area contributed by atoms with E-state index in [0.29, 0.717) is 11.5 Å². The molecular weight excluding hydrogens is 806 g/mol. The molecule has 51 heavy (non-hydrogen) atoms. The van der Waals surface area contributed by atoms with Crippen molar-refractivity contribution >= 4 is 21.8 Å². The average Bonchev–Trinajstić information content (AvgIpc) is 3.51. The van der Waals surface area contributed by atoms with Crippen molar-refractivity contribution in [2.45, 2.75) is 0 Å². The van der Waals surface area contributed by atoms with Crippen molar-refractivity contribution in [2.75, 3.05) is 0 Å². The molecule has 10 rings (SSSR count). The first kappa shape index (κ1) is 30.9. The Morgan fingerprint density at radius 1 is 0.471 bits per heavy atom.